The maximum atomic E-state index is 4.56. The Balaban J connectivity index is 1.81. The number of aromatic nitrogens is 1. The number of aryl methyl sites for hydroxylation is 1. The summed E-state index contributed by atoms with van der Waals surface area (Å²) in [6.07, 6.45) is 5.12. The van der Waals surface area contributed by atoms with Crippen LogP contribution in [-0.4, -0.2) is 4.98 Å². The lowest BCUT2D eigenvalue weighted by Gasteiger charge is -2.17. The predicted molar refractivity (Wildman–Crippen MR) is 91.7 cm³/mol. The fourth-order valence-corrected chi connectivity index (χ4v) is 2.65. The molecule has 0 saturated heterocycles. The van der Waals surface area contributed by atoms with Crippen LogP contribution in [0.2, 0.25) is 0 Å². The zero-order chi connectivity index (χ0) is 15.2. The first-order chi connectivity index (χ1) is 10.8. The molecule has 0 aliphatic heterocycles. The third-order valence-corrected chi connectivity index (χ3v) is 3.91. The molecule has 22 heavy (non-hydrogen) atoms. The molecule has 1 nitrogen and oxygen atoms in total. The Labute approximate surface area is 132 Å². The van der Waals surface area contributed by atoms with E-state index >= 15 is 0 Å². The van der Waals surface area contributed by atoms with Crippen LogP contribution in [0.1, 0.15) is 34.7 Å². The van der Waals surface area contributed by atoms with Crippen LogP contribution in [0.5, 0.6) is 0 Å². The molecule has 0 aliphatic carbocycles. The molecule has 0 aliphatic rings. The van der Waals surface area contributed by atoms with Gasteiger partial charge in [-0.05, 0) is 43.0 Å². The zero-order valence-electron chi connectivity index (χ0n) is 12.8. The molecule has 3 rings (SSSR count). The molecule has 0 spiro atoms. The van der Waals surface area contributed by atoms with E-state index in [0.29, 0.717) is 5.92 Å². The Bertz CT molecular complexity index is 647. The number of pyridine rings is 1. The minimum Gasteiger partial charge on any atom is -0.261 e. The Morgan fingerprint density at radius 1 is 0.864 bits per heavy atom. The molecule has 0 saturated carbocycles. The van der Waals surface area contributed by atoms with Crippen LogP contribution in [0, 0.1) is 13.3 Å². The second-order valence-corrected chi connectivity index (χ2v) is 5.57. The summed E-state index contributed by atoms with van der Waals surface area (Å²) in [5.41, 5.74) is 4.99. The van der Waals surface area contributed by atoms with E-state index in [1.54, 1.807) is 0 Å². The molecule has 1 heterocycles. The van der Waals surface area contributed by atoms with Crippen LogP contribution < -0.4 is 0 Å². The van der Waals surface area contributed by atoms with Gasteiger partial charge in [0, 0.05) is 17.8 Å². The standard InChI is InChI=1S/C21H20N/c1-17-10-12-18(13-11-17)14-15-20(19-7-3-2-4-8-19)21-9-5-6-16-22-21/h2-14,16,20H,15H2,1H3. The van der Waals surface area contributed by atoms with E-state index in [2.05, 4.69) is 85.1 Å². The number of benzene rings is 2. The van der Waals surface area contributed by atoms with E-state index in [1.165, 1.54) is 16.7 Å². The Kier molecular flexibility index (Phi) is 4.65. The highest BCUT2D eigenvalue weighted by Gasteiger charge is 2.15. The molecule has 0 amide bonds. The molecule has 109 valence electrons. The van der Waals surface area contributed by atoms with Crippen molar-refractivity contribution in [3.63, 3.8) is 0 Å². The highest BCUT2D eigenvalue weighted by molar-refractivity contribution is 5.32. The molecule has 1 radical (unpaired) electrons. The predicted octanol–water partition coefficient (Wildman–Crippen LogP) is 5.16. The molecule has 0 fully saturated rings. The molecule has 0 bridgehead atoms. The number of rotatable bonds is 5. The lowest BCUT2D eigenvalue weighted by molar-refractivity contribution is 0.769. The summed E-state index contributed by atoms with van der Waals surface area (Å²) in [6.45, 7) is 2.12. The average Bonchev–Trinajstić information content (AvgIpc) is 2.59. The van der Waals surface area contributed by atoms with Gasteiger partial charge in [-0.1, -0.05) is 66.2 Å². The second-order valence-electron chi connectivity index (χ2n) is 5.57. The molecule has 0 N–H and O–H groups in total. The van der Waals surface area contributed by atoms with Gasteiger partial charge in [0.2, 0.25) is 0 Å². The summed E-state index contributed by atoms with van der Waals surface area (Å²) in [4.78, 5) is 4.56. The van der Waals surface area contributed by atoms with Crippen LogP contribution in [0.15, 0.2) is 79.0 Å². The van der Waals surface area contributed by atoms with Crippen molar-refractivity contribution in [1.82, 2.24) is 4.98 Å². The lowest BCUT2D eigenvalue weighted by Crippen LogP contribution is -2.04. The van der Waals surface area contributed by atoms with Crippen molar-refractivity contribution >= 4 is 0 Å². The van der Waals surface area contributed by atoms with E-state index in [9.17, 15) is 0 Å². The Hall–Kier alpha value is -2.41. The Morgan fingerprint density at radius 2 is 1.59 bits per heavy atom. The first-order valence-electron chi connectivity index (χ1n) is 7.69. The van der Waals surface area contributed by atoms with Gasteiger partial charge in [0.15, 0.2) is 0 Å². The second kappa shape index (κ2) is 7.04. The van der Waals surface area contributed by atoms with Gasteiger partial charge >= 0.3 is 0 Å². The van der Waals surface area contributed by atoms with Crippen molar-refractivity contribution in [1.29, 1.82) is 0 Å². The van der Waals surface area contributed by atoms with Crippen LogP contribution >= 0.6 is 0 Å². The summed E-state index contributed by atoms with van der Waals surface area (Å²) in [5, 5.41) is 0. The summed E-state index contributed by atoms with van der Waals surface area (Å²) in [5.74, 6) is 0.295. The molecule has 1 unspecified atom stereocenters. The minimum absolute atomic E-state index is 0.295. The third kappa shape index (κ3) is 3.62. The van der Waals surface area contributed by atoms with Crippen molar-refractivity contribution in [2.24, 2.45) is 0 Å². The van der Waals surface area contributed by atoms with Gasteiger partial charge in [-0.2, -0.15) is 0 Å². The van der Waals surface area contributed by atoms with Gasteiger partial charge < -0.3 is 0 Å². The van der Waals surface area contributed by atoms with Crippen molar-refractivity contribution < 1.29 is 0 Å². The van der Waals surface area contributed by atoms with Gasteiger partial charge in [0.05, 0.1) is 0 Å². The molecular weight excluding hydrogens is 266 g/mol. The fraction of sp³-hybridized carbons (Fsp3) is 0.143. The first kappa shape index (κ1) is 14.5. The lowest BCUT2D eigenvalue weighted by atomic mass is 9.89. The minimum atomic E-state index is 0.295. The highest BCUT2D eigenvalue weighted by atomic mass is 14.7. The van der Waals surface area contributed by atoms with Crippen molar-refractivity contribution in [2.75, 3.05) is 0 Å². The zero-order valence-corrected chi connectivity index (χ0v) is 12.8. The molecule has 3 aromatic rings. The normalized spacial score (nSPS) is 12.0. The Morgan fingerprint density at radius 3 is 2.27 bits per heavy atom. The molecular formula is C21H20N. The maximum absolute atomic E-state index is 4.56. The monoisotopic (exact) mass is 286 g/mol. The number of hydrogen-bond acceptors (Lipinski definition) is 1. The van der Waals surface area contributed by atoms with E-state index in [4.69, 9.17) is 0 Å². The smallest absolute Gasteiger partial charge is 0.0478 e. The van der Waals surface area contributed by atoms with Gasteiger partial charge in [-0.3, -0.25) is 4.98 Å². The summed E-state index contributed by atoms with van der Waals surface area (Å²) < 4.78 is 0. The number of nitrogens with zero attached hydrogens (tertiary/aromatic N) is 1. The topological polar surface area (TPSA) is 12.9 Å². The first-order valence-corrected chi connectivity index (χ1v) is 7.69. The van der Waals surface area contributed by atoms with Gasteiger partial charge in [0.25, 0.3) is 0 Å². The summed E-state index contributed by atoms with van der Waals surface area (Å²) in [6, 6.07) is 25.4. The van der Waals surface area contributed by atoms with E-state index in [0.717, 1.165) is 12.1 Å². The summed E-state index contributed by atoms with van der Waals surface area (Å²) in [7, 11) is 0. The fourth-order valence-electron chi connectivity index (χ4n) is 2.65. The van der Waals surface area contributed by atoms with Crippen LogP contribution in [0.4, 0.5) is 0 Å². The summed E-state index contributed by atoms with van der Waals surface area (Å²) >= 11 is 0. The quantitative estimate of drug-likeness (QED) is 0.631. The highest BCUT2D eigenvalue weighted by Crippen LogP contribution is 2.28. The molecule has 1 heteroatoms. The SMILES string of the molecule is Cc1ccc([CH]CC(c2ccccc2)c2ccccn2)cc1. The third-order valence-electron chi connectivity index (χ3n) is 3.91. The van der Waals surface area contributed by atoms with Crippen molar-refractivity contribution in [2.45, 2.75) is 19.3 Å². The van der Waals surface area contributed by atoms with Gasteiger partial charge in [-0.25, -0.2) is 0 Å². The average molecular weight is 286 g/mol. The van der Waals surface area contributed by atoms with Crippen LogP contribution in [-0.2, 0) is 0 Å². The van der Waals surface area contributed by atoms with Crippen molar-refractivity contribution in [3.8, 4) is 0 Å². The molecule has 1 atom stereocenters. The number of hydrogen-bond donors (Lipinski definition) is 0. The van der Waals surface area contributed by atoms with Crippen LogP contribution in [0.25, 0.3) is 0 Å². The van der Waals surface area contributed by atoms with Gasteiger partial charge in [-0.15, -0.1) is 0 Å². The largest absolute Gasteiger partial charge is 0.261 e. The molecule has 2 aromatic carbocycles. The molecule has 1 aromatic heterocycles. The maximum Gasteiger partial charge on any atom is 0.0478 e. The van der Waals surface area contributed by atoms with Gasteiger partial charge in [0.1, 0.15) is 0 Å². The van der Waals surface area contributed by atoms with Crippen molar-refractivity contribution in [3.05, 3.63) is 108 Å². The van der Waals surface area contributed by atoms with E-state index in [1.807, 2.05) is 12.3 Å². The van der Waals surface area contributed by atoms with Crippen LogP contribution in [0.3, 0.4) is 0 Å². The van der Waals surface area contributed by atoms with E-state index < -0.39 is 0 Å². The van der Waals surface area contributed by atoms with E-state index in [-0.39, 0.29) is 0 Å².